The highest BCUT2D eigenvalue weighted by molar-refractivity contribution is 5.22. The largest absolute Gasteiger partial charge is 0.380 e. The van der Waals surface area contributed by atoms with Crippen LogP contribution in [-0.2, 0) is 24.1 Å². The Morgan fingerprint density at radius 1 is 1.29 bits per heavy atom. The van der Waals surface area contributed by atoms with E-state index in [0.29, 0.717) is 17.9 Å². The molecule has 1 aromatic heterocycles. The third-order valence-electron chi connectivity index (χ3n) is 4.18. The van der Waals surface area contributed by atoms with Crippen LogP contribution in [0.3, 0.4) is 0 Å². The van der Waals surface area contributed by atoms with Gasteiger partial charge in [-0.2, -0.15) is 0 Å². The van der Waals surface area contributed by atoms with E-state index >= 15 is 0 Å². The summed E-state index contributed by atoms with van der Waals surface area (Å²) in [6.07, 6.45) is 2.12. The quantitative estimate of drug-likeness (QED) is 0.840. The lowest BCUT2D eigenvalue weighted by atomic mass is 10.0. The second-order valence-electron chi connectivity index (χ2n) is 6.79. The van der Waals surface area contributed by atoms with Crippen molar-refractivity contribution in [2.75, 3.05) is 19.8 Å². The number of hydrogen-bond donors (Lipinski definition) is 1. The molecule has 0 saturated heterocycles. The average Bonchev–Trinajstić information content (AvgIpc) is 2.76. The monoisotopic (exact) mass is 293 g/mol. The molecule has 1 atom stereocenters. The number of aromatic nitrogens is 2. The number of hydrogen-bond acceptors (Lipinski definition) is 3. The second kappa shape index (κ2) is 7.41. The standard InChI is InChI=1S/C17H31N3O/c1-6-21-11-16(13(4)5)20-15-7-8-18-10-14(15)19-17(20)9-12(2)3/h12-13,16,18H,6-11H2,1-5H3. The molecule has 0 fully saturated rings. The Bertz CT molecular complexity index is 451. The minimum atomic E-state index is 0.396. The molecule has 21 heavy (non-hydrogen) atoms. The molecule has 1 unspecified atom stereocenters. The number of fused-ring (bicyclic) bond motifs is 1. The highest BCUT2D eigenvalue weighted by Crippen LogP contribution is 2.28. The van der Waals surface area contributed by atoms with Crippen molar-refractivity contribution < 1.29 is 4.74 Å². The van der Waals surface area contributed by atoms with Crippen LogP contribution < -0.4 is 5.32 Å². The summed E-state index contributed by atoms with van der Waals surface area (Å²) in [5.74, 6) is 2.42. The van der Waals surface area contributed by atoms with Gasteiger partial charge >= 0.3 is 0 Å². The maximum atomic E-state index is 5.77. The Labute approximate surface area is 129 Å². The lowest BCUT2D eigenvalue weighted by Gasteiger charge is -2.28. The maximum absolute atomic E-state index is 5.77. The van der Waals surface area contributed by atoms with E-state index in [4.69, 9.17) is 9.72 Å². The van der Waals surface area contributed by atoms with E-state index in [2.05, 4.69) is 44.5 Å². The first-order valence-electron chi connectivity index (χ1n) is 8.41. The van der Waals surface area contributed by atoms with E-state index in [1.165, 1.54) is 17.2 Å². The van der Waals surface area contributed by atoms with E-state index in [1.807, 2.05) is 0 Å². The van der Waals surface area contributed by atoms with Gasteiger partial charge in [-0.3, -0.25) is 0 Å². The van der Waals surface area contributed by atoms with Gasteiger partial charge in [-0.15, -0.1) is 0 Å². The Morgan fingerprint density at radius 2 is 2.05 bits per heavy atom. The maximum Gasteiger partial charge on any atom is 0.109 e. The van der Waals surface area contributed by atoms with Crippen molar-refractivity contribution in [2.45, 2.75) is 60.0 Å². The molecule has 1 aliphatic heterocycles. The zero-order valence-corrected chi connectivity index (χ0v) is 14.3. The van der Waals surface area contributed by atoms with Gasteiger partial charge in [-0.05, 0) is 18.8 Å². The molecule has 1 aromatic rings. The summed E-state index contributed by atoms with van der Waals surface area (Å²) in [5, 5.41) is 3.44. The lowest BCUT2D eigenvalue weighted by Crippen LogP contribution is -2.29. The van der Waals surface area contributed by atoms with Crippen LogP contribution in [0.4, 0.5) is 0 Å². The molecular weight excluding hydrogens is 262 g/mol. The van der Waals surface area contributed by atoms with Crippen LogP contribution in [-0.4, -0.2) is 29.3 Å². The van der Waals surface area contributed by atoms with Crippen LogP contribution in [0.25, 0.3) is 0 Å². The number of nitrogens with one attached hydrogen (secondary N) is 1. The molecule has 0 saturated carbocycles. The number of rotatable bonds is 7. The van der Waals surface area contributed by atoms with Gasteiger partial charge in [-0.1, -0.05) is 27.7 Å². The number of nitrogens with zero attached hydrogens (tertiary/aromatic N) is 2. The van der Waals surface area contributed by atoms with Crippen LogP contribution in [0.5, 0.6) is 0 Å². The molecule has 0 aromatic carbocycles. The Morgan fingerprint density at radius 3 is 2.67 bits per heavy atom. The van der Waals surface area contributed by atoms with Crippen LogP contribution in [0.2, 0.25) is 0 Å². The number of ether oxygens (including phenoxy) is 1. The Balaban J connectivity index is 2.39. The third-order valence-corrected chi connectivity index (χ3v) is 4.18. The van der Waals surface area contributed by atoms with Crippen LogP contribution >= 0.6 is 0 Å². The van der Waals surface area contributed by atoms with Crippen molar-refractivity contribution in [2.24, 2.45) is 11.8 Å². The summed E-state index contributed by atoms with van der Waals surface area (Å²) in [6.45, 7) is 14.7. The van der Waals surface area contributed by atoms with Crippen molar-refractivity contribution in [1.29, 1.82) is 0 Å². The SMILES string of the molecule is CCOCC(C(C)C)n1c(CC(C)C)nc2c1CCNC2. The molecule has 2 heterocycles. The summed E-state index contributed by atoms with van der Waals surface area (Å²) < 4.78 is 8.28. The number of imidazole rings is 1. The summed E-state index contributed by atoms with van der Waals surface area (Å²) in [6, 6.07) is 0.396. The van der Waals surface area contributed by atoms with Gasteiger partial charge in [0.15, 0.2) is 0 Å². The van der Waals surface area contributed by atoms with E-state index in [9.17, 15) is 0 Å². The Hall–Kier alpha value is -0.870. The highest BCUT2D eigenvalue weighted by atomic mass is 16.5. The topological polar surface area (TPSA) is 39.1 Å². The zero-order chi connectivity index (χ0) is 15.4. The molecule has 4 nitrogen and oxygen atoms in total. The van der Waals surface area contributed by atoms with Crippen molar-refractivity contribution in [3.8, 4) is 0 Å². The average molecular weight is 293 g/mol. The first kappa shape index (κ1) is 16.5. The van der Waals surface area contributed by atoms with Gasteiger partial charge in [0.05, 0.1) is 18.3 Å². The van der Waals surface area contributed by atoms with Crippen molar-refractivity contribution >= 4 is 0 Å². The fraction of sp³-hybridized carbons (Fsp3) is 0.824. The predicted molar refractivity (Wildman–Crippen MR) is 86.5 cm³/mol. The van der Waals surface area contributed by atoms with E-state index in [1.54, 1.807) is 0 Å². The third kappa shape index (κ3) is 3.86. The molecular formula is C17H31N3O. The van der Waals surface area contributed by atoms with E-state index in [0.717, 1.165) is 39.1 Å². The summed E-state index contributed by atoms with van der Waals surface area (Å²) in [7, 11) is 0. The normalized spacial score (nSPS) is 16.5. The highest BCUT2D eigenvalue weighted by Gasteiger charge is 2.26. The zero-order valence-electron chi connectivity index (χ0n) is 14.3. The van der Waals surface area contributed by atoms with Crippen LogP contribution in [0.15, 0.2) is 0 Å². The molecule has 0 spiro atoms. The lowest BCUT2D eigenvalue weighted by molar-refractivity contribution is 0.0938. The molecule has 0 bridgehead atoms. The van der Waals surface area contributed by atoms with E-state index < -0.39 is 0 Å². The van der Waals surface area contributed by atoms with Crippen LogP contribution in [0, 0.1) is 11.8 Å². The molecule has 120 valence electrons. The van der Waals surface area contributed by atoms with Gasteiger partial charge < -0.3 is 14.6 Å². The van der Waals surface area contributed by atoms with Crippen molar-refractivity contribution in [3.63, 3.8) is 0 Å². The van der Waals surface area contributed by atoms with Gasteiger partial charge in [-0.25, -0.2) is 4.98 Å². The minimum absolute atomic E-state index is 0.396. The predicted octanol–water partition coefficient (Wildman–Crippen LogP) is 2.96. The summed E-state index contributed by atoms with van der Waals surface area (Å²) in [4.78, 5) is 4.95. The molecule has 0 amide bonds. The molecule has 1 N–H and O–H groups in total. The molecule has 0 radical (unpaired) electrons. The van der Waals surface area contributed by atoms with Crippen molar-refractivity contribution in [3.05, 3.63) is 17.2 Å². The van der Waals surface area contributed by atoms with Gasteiger partial charge in [0.25, 0.3) is 0 Å². The first-order valence-corrected chi connectivity index (χ1v) is 8.41. The molecule has 1 aliphatic rings. The fourth-order valence-corrected chi connectivity index (χ4v) is 3.09. The van der Waals surface area contributed by atoms with Gasteiger partial charge in [0.1, 0.15) is 5.82 Å². The molecule has 2 rings (SSSR count). The van der Waals surface area contributed by atoms with Crippen LogP contribution in [0.1, 0.15) is 57.9 Å². The first-order chi connectivity index (χ1) is 10.0. The smallest absolute Gasteiger partial charge is 0.109 e. The fourth-order valence-electron chi connectivity index (χ4n) is 3.09. The summed E-state index contributed by atoms with van der Waals surface area (Å²) in [5.41, 5.74) is 2.68. The second-order valence-corrected chi connectivity index (χ2v) is 6.79. The van der Waals surface area contributed by atoms with Gasteiger partial charge in [0, 0.05) is 38.2 Å². The molecule has 4 heteroatoms. The van der Waals surface area contributed by atoms with Crippen molar-refractivity contribution in [1.82, 2.24) is 14.9 Å². The van der Waals surface area contributed by atoms with Gasteiger partial charge in [0.2, 0.25) is 0 Å². The Kier molecular flexibility index (Phi) is 5.82. The molecule has 0 aliphatic carbocycles. The summed E-state index contributed by atoms with van der Waals surface area (Å²) >= 11 is 0. The minimum Gasteiger partial charge on any atom is -0.380 e. The van der Waals surface area contributed by atoms with E-state index in [-0.39, 0.29) is 0 Å².